The van der Waals surface area contributed by atoms with E-state index in [1.165, 1.54) is 4.90 Å². The lowest BCUT2D eigenvalue weighted by atomic mass is 10.0. The third-order valence-corrected chi connectivity index (χ3v) is 2.43. The number of azide groups is 1. The molecule has 0 N–H and O–H groups in total. The summed E-state index contributed by atoms with van der Waals surface area (Å²) in [6.07, 6.45) is 5.54. The minimum Gasteiger partial charge on any atom is -0.444 e. The first kappa shape index (κ1) is 18.1. The van der Waals surface area contributed by atoms with Gasteiger partial charge in [-0.05, 0) is 38.6 Å². The summed E-state index contributed by atoms with van der Waals surface area (Å²) in [6, 6.07) is -0.253. The predicted octanol–water partition coefficient (Wildman–Crippen LogP) is 3.58. The van der Waals surface area contributed by atoms with Crippen molar-refractivity contribution in [1.82, 2.24) is 4.90 Å². The largest absolute Gasteiger partial charge is 0.444 e. The Morgan fingerprint density at radius 1 is 1.50 bits per heavy atom. The monoisotopic (exact) mass is 280 g/mol. The van der Waals surface area contributed by atoms with Crippen LogP contribution in [0, 0.1) is 18.3 Å². The molecule has 0 rings (SSSR count). The molecule has 0 aliphatic rings. The average molecular weight is 280 g/mol. The predicted molar refractivity (Wildman–Crippen MR) is 79.0 cm³/mol. The fourth-order valence-corrected chi connectivity index (χ4v) is 1.74. The minimum absolute atomic E-state index is 0.132. The van der Waals surface area contributed by atoms with Crippen LogP contribution in [0.15, 0.2) is 5.11 Å². The zero-order chi connectivity index (χ0) is 15.8. The van der Waals surface area contributed by atoms with Crippen LogP contribution >= 0.6 is 0 Å². The van der Waals surface area contributed by atoms with Gasteiger partial charge in [0.1, 0.15) is 5.60 Å². The van der Waals surface area contributed by atoms with E-state index in [-0.39, 0.29) is 19.1 Å². The Balaban J connectivity index is 5.09. The topological polar surface area (TPSA) is 78.3 Å². The molecule has 1 amide bonds. The van der Waals surface area contributed by atoms with Gasteiger partial charge in [-0.2, -0.15) is 0 Å². The number of carbonyl (C=O) groups is 1. The molecule has 0 spiro atoms. The van der Waals surface area contributed by atoms with Crippen LogP contribution in [0.25, 0.3) is 10.4 Å². The fraction of sp³-hybridized carbons (Fsp3) is 0.786. The van der Waals surface area contributed by atoms with E-state index >= 15 is 0 Å². The van der Waals surface area contributed by atoms with Gasteiger partial charge in [-0.15, -0.1) is 6.42 Å². The highest BCUT2D eigenvalue weighted by Gasteiger charge is 2.27. The summed E-state index contributed by atoms with van der Waals surface area (Å²) in [5.41, 5.74) is 7.88. The van der Waals surface area contributed by atoms with Crippen LogP contribution in [-0.4, -0.2) is 35.7 Å². The Kier molecular flexibility index (Phi) is 7.56. The summed E-state index contributed by atoms with van der Waals surface area (Å²) in [4.78, 5) is 16.4. The van der Waals surface area contributed by atoms with Crippen molar-refractivity contribution in [2.45, 2.75) is 52.7 Å². The van der Waals surface area contributed by atoms with E-state index in [2.05, 4.69) is 15.9 Å². The van der Waals surface area contributed by atoms with Crippen molar-refractivity contribution in [2.75, 3.05) is 13.1 Å². The summed E-state index contributed by atoms with van der Waals surface area (Å²) in [6.45, 7) is 9.78. The molecule has 0 aliphatic carbocycles. The van der Waals surface area contributed by atoms with E-state index < -0.39 is 11.7 Å². The summed E-state index contributed by atoms with van der Waals surface area (Å²) < 4.78 is 5.35. The highest BCUT2D eigenvalue weighted by atomic mass is 16.6. The summed E-state index contributed by atoms with van der Waals surface area (Å²) >= 11 is 0. The van der Waals surface area contributed by atoms with E-state index in [1.807, 2.05) is 13.8 Å². The number of carbonyl (C=O) groups excluding carboxylic acids is 1. The number of rotatable bonds is 6. The molecule has 0 saturated heterocycles. The van der Waals surface area contributed by atoms with Crippen molar-refractivity contribution in [3.8, 4) is 12.3 Å². The second-order valence-corrected chi connectivity index (χ2v) is 6.01. The molecular weight excluding hydrogens is 256 g/mol. The Labute approximate surface area is 121 Å². The van der Waals surface area contributed by atoms with E-state index in [9.17, 15) is 4.79 Å². The first-order valence-electron chi connectivity index (χ1n) is 6.65. The quantitative estimate of drug-likeness (QED) is 0.322. The van der Waals surface area contributed by atoms with Crippen LogP contribution in [0.3, 0.4) is 0 Å². The van der Waals surface area contributed by atoms with Crippen LogP contribution in [0.1, 0.15) is 41.0 Å². The number of hydrogen-bond acceptors (Lipinski definition) is 3. The molecule has 6 nitrogen and oxygen atoms in total. The van der Waals surface area contributed by atoms with Gasteiger partial charge in [0.2, 0.25) is 0 Å². The maximum absolute atomic E-state index is 12.2. The number of amides is 1. The van der Waals surface area contributed by atoms with Crippen molar-refractivity contribution < 1.29 is 9.53 Å². The lowest BCUT2D eigenvalue weighted by molar-refractivity contribution is 0.0181. The van der Waals surface area contributed by atoms with Gasteiger partial charge in [0.25, 0.3) is 0 Å². The van der Waals surface area contributed by atoms with E-state index in [4.69, 9.17) is 16.7 Å². The molecule has 0 unspecified atom stereocenters. The van der Waals surface area contributed by atoms with Crippen molar-refractivity contribution >= 4 is 6.09 Å². The first-order chi connectivity index (χ1) is 9.21. The second-order valence-electron chi connectivity index (χ2n) is 6.01. The van der Waals surface area contributed by atoms with Crippen LogP contribution < -0.4 is 0 Å². The normalized spacial score (nSPS) is 12.2. The molecule has 0 bridgehead atoms. The number of terminal acetylenes is 1. The molecule has 112 valence electrons. The van der Waals surface area contributed by atoms with Crippen molar-refractivity contribution in [2.24, 2.45) is 11.0 Å². The third-order valence-electron chi connectivity index (χ3n) is 2.43. The molecule has 0 aliphatic heterocycles. The smallest absolute Gasteiger partial charge is 0.411 e. The van der Waals surface area contributed by atoms with Crippen LogP contribution in [0.2, 0.25) is 0 Å². The van der Waals surface area contributed by atoms with Gasteiger partial charge < -0.3 is 4.74 Å². The summed E-state index contributed by atoms with van der Waals surface area (Å²) in [5.74, 6) is 2.80. The molecule has 0 fully saturated rings. The summed E-state index contributed by atoms with van der Waals surface area (Å²) in [5, 5.41) is 3.57. The zero-order valence-corrected chi connectivity index (χ0v) is 13.0. The summed E-state index contributed by atoms with van der Waals surface area (Å²) in [7, 11) is 0. The maximum atomic E-state index is 12.2. The molecule has 6 heteroatoms. The Bertz CT molecular complexity index is 400. The maximum Gasteiger partial charge on any atom is 0.411 e. The molecule has 0 heterocycles. The molecule has 0 aromatic carbocycles. The molecule has 20 heavy (non-hydrogen) atoms. The fourth-order valence-electron chi connectivity index (χ4n) is 1.74. The number of nitrogens with zero attached hydrogens (tertiary/aromatic N) is 4. The van der Waals surface area contributed by atoms with E-state index in [0.717, 1.165) is 0 Å². The van der Waals surface area contributed by atoms with Crippen LogP contribution in [-0.2, 0) is 4.74 Å². The molecule has 1 atom stereocenters. The standard InChI is InChI=1S/C14H24N4O2/c1-7-8-18(13(19)20-14(4,5)6)12(9-11(2)3)10-16-17-15/h1,11-12H,8-10H2,2-6H3/t12-/m0/s1. The Hall–Kier alpha value is -1.86. The van der Waals surface area contributed by atoms with Gasteiger partial charge in [0.15, 0.2) is 0 Å². The highest BCUT2D eigenvalue weighted by Crippen LogP contribution is 2.17. The number of ether oxygens (including phenoxy) is 1. The Morgan fingerprint density at radius 2 is 2.10 bits per heavy atom. The van der Waals surface area contributed by atoms with Gasteiger partial charge in [0.05, 0.1) is 6.54 Å². The SMILES string of the molecule is C#CCN(C(=O)OC(C)(C)C)[C@H](CN=[N+]=[N-])CC(C)C. The average Bonchev–Trinajstić information content (AvgIpc) is 2.28. The van der Waals surface area contributed by atoms with E-state index in [0.29, 0.717) is 12.3 Å². The Morgan fingerprint density at radius 3 is 2.50 bits per heavy atom. The van der Waals surface area contributed by atoms with Gasteiger partial charge in [-0.25, -0.2) is 4.79 Å². The number of hydrogen-bond donors (Lipinski definition) is 0. The first-order valence-corrected chi connectivity index (χ1v) is 6.65. The van der Waals surface area contributed by atoms with Gasteiger partial charge >= 0.3 is 6.09 Å². The van der Waals surface area contributed by atoms with E-state index in [1.54, 1.807) is 20.8 Å². The molecule has 0 radical (unpaired) electrons. The lowest BCUT2D eigenvalue weighted by Gasteiger charge is -2.32. The van der Waals surface area contributed by atoms with Gasteiger partial charge in [-0.3, -0.25) is 4.90 Å². The van der Waals surface area contributed by atoms with Crippen LogP contribution in [0.5, 0.6) is 0 Å². The molecule has 0 aromatic heterocycles. The lowest BCUT2D eigenvalue weighted by Crippen LogP contribution is -2.45. The van der Waals surface area contributed by atoms with Crippen molar-refractivity contribution in [1.29, 1.82) is 0 Å². The van der Waals surface area contributed by atoms with Gasteiger partial charge in [-0.1, -0.05) is 24.9 Å². The molecular formula is C14H24N4O2. The van der Waals surface area contributed by atoms with Crippen molar-refractivity contribution in [3.05, 3.63) is 10.4 Å². The third kappa shape index (κ3) is 7.55. The van der Waals surface area contributed by atoms with Crippen LogP contribution in [0.4, 0.5) is 4.79 Å². The zero-order valence-electron chi connectivity index (χ0n) is 13.0. The van der Waals surface area contributed by atoms with Crippen molar-refractivity contribution in [3.63, 3.8) is 0 Å². The second kappa shape index (κ2) is 8.34. The van der Waals surface area contributed by atoms with Gasteiger partial charge in [0, 0.05) is 17.5 Å². The molecule has 0 saturated carbocycles. The minimum atomic E-state index is -0.592. The molecule has 0 aromatic rings. The highest BCUT2D eigenvalue weighted by molar-refractivity contribution is 5.69.